The molecule has 0 N–H and O–H groups in total. The molecule has 0 saturated carbocycles. The molecule has 19 heteroatoms. The summed E-state index contributed by atoms with van der Waals surface area (Å²) in [5.74, 6) is -1.18. The topological polar surface area (TPSA) is 176 Å². The van der Waals surface area contributed by atoms with Gasteiger partial charge in [0.25, 0.3) is 11.1 Å². The number of aromatic nitrogens is 2. The molecule has 11 rings (SSSR count). The first kappa shape index (κ1) is 57.8. The van der Waals surface area contributed by atoms with Crippen molar-refractivity contribution in [3.05, 3.63) is 185 Å². The van der Waals surface area contributed by atoms with E-state index in [9.17, 15) is 24.0 Å². The first-order chi connectivity index (χ1) is 40.9. The summed E-state index contributed by atoms with van der Waals surface area (Å²) in [6.07, 6.45) is -0.179. The highest BCUT2D eigenvalue weighted by Crippen LogP contribution is 2.49. The molecule has 6 aromatic carbocycles. The van der Waals surface area contributed by atoms with Crippen LogP contribution >= 0.6 is 0 Å². The molecule has 3 aromatic heterocycles. The van der Waals surface area contributed by atoms with Crippen LogP contribution in [0.25, 0.3) is 65.9 Å². The van der Waals surface area contributed by atoms with Crippen LogP contribution in [0.5, 0.6) is 11.5 Å². The highest BCUT2D eigenvalue weighted by atomic mass is 19.2. The second-order valence-electron chi connectivity index (χ2n) is 21.1. The lowest BCUT2D eigenvalue weighted by Crippen LogP contribution is -2.52. The number of halogens is 2. The fourth-order valence-corrected chi connectivity index (χ4v) is 12.3. The molecular formula is C66H62BF2N3O13. The standard InChI is InChI=1S/C66H62BF2N3O13/c1-10-81-65(76)56-38(5)61-60(62-39(6)57(66(77)82-11-2)41(8)72(62)67(68,69)71(61)40(56)7)55-36(3)32-47(33-37(55)4)84-54(73)34-42-12-17-45(18-13-42)70-63(74)49-22-21-48-51-35-44(16-24-52(51)85-53-25-23-50(64(70)75)58(49)59(48)53)43-14-19-46(20-15-43)83-31-30-80-29-28-79-27-26-78-9/h12-25,32-33,35H,10-11,26-31,34H2,1-9H3. The van der Waals surface area contributed by atoms with Gasteiger partial charge in [0.15, 0.2) is 5.70 Å². The Bertz CT molecular complexity index is 4380. The van der Waals surface area contributed by atoms with E-state index in [1.807, 2.05) is 48.5 Å². The molecule has 436 valence electrons. The van der Waals surface area contributed by atoms with Crippen LogP contribution in [0.2, 0.25) is 0 Å². The SMILES string of the molecule is CCOC(=O)C1=C(C)C2=C(c3c(C)cc(OC(=O)Cc4ccc(-n5c(=O)c6ccc7oc8ccc(-c9ccc(OCCOCCOCCOC)cc9)cc8c8ccc(c5=O)c6c78)cc4)cc3C)c3c(C)c(C(=O)OCC)c(C)n3[B-](F)(F)[N+]2=C1C. The second-order valence-corrected chi connectivity index (χ2v) is 21.1. The van der Waals surface area contributed by atoms with Crippen LogP contribution in [-0.2, 0) is 39.7 Å². The van der Waals surface area contributed by atoms with E-state index in [0.29, 0.717) is 112 Å². The monoisotopic (exact) mass is 1150 g/mol. The number of allylic oxidation sites excluding steroid dienone is 1. The van der Waals surface area contributed by atoms with Gasteiger partial charge in [0.1, 0.15) is 40.6 Å². The van der Waals surface area contributed by atoms with Crippen molar-refractivity contribution in [2.45, 2.75) is 61.8 Å². The van der Waals surface area contributed by atoms with Crippen LogP contribution in [0, 0.1) is 27.7 Å². The highest BCUT2D eigenvalue weighted by Gasteiger charge is 2.58. The van der Waals surface area contributed by atoms with Crippen LogP contribution in [0.15, 0.2) is 134 Å². The van der Waals surface area contributed by atoms with Gasteiger partial charge in [-0.25, -0.2) is 14.2 Å². The summed E-state index contributed by atoms with van der Waals surface area (Å²) in [5.41, 5.74) is 5.73. The van der Waals surface area contributed by atoms with E-state index >= 15 is 8.63 Å². The molecule has 5 heterocycles. The number of ether oxygens (including phenoxy) is 7. The Balaban J connectivity index is 0.842. The number of carbonyl (C=O) groups is 3. The van der Waals surface area contributed by atoms with Crippen molar-refractivity contribution < 1.29 is 65.1 Å². The number of carbonyl (C=O) groups excluding carboxylic acids is 3. The molecule has 0 aliphatic carbocycles. The lowest BCUT2D eigenvalue weighted by atomic mass is 9.81. The molecule has 0 atom stereocenters. The van der Waals surface area contributed by atoms with Crippen LogP contribution in [0.3, 0.4) is 0 Å². The zero-order chi connectivity index (χ0) is 60.2. The second kappa shape index (κ2) is 23.2. The molecule has 0 fully saturated rings. The largest absolute Gasteiger partial charge is 0.737 e. The number of nitrogens with zero attached hydrogens (tertiary/aromatic N) is 3. The number of benzene rings is 6. The fourth-order valence-electron chi connectivity index (χ4n) is 12.3. The zero-order valence-electron chi connectivity index (χ0n) is 48.7. The van der Waals surface area contributed by atoms with Crippen LogP contribution in [0.4, 0.5) is 8.63 Å². The van der Waals surface area contributed by atoms with E-state index in [2.05, 4.69) is 0 Å². The minimum absolute atomic E-state index is 0.00981. The third kappa shape index (κ3) is 10.1. The molecular weight excluding hydrogens is 1090 g/mol. The van der Waals surface area contributed by atoms with E-state index in [4.69, 9.17) is 37.6 Å². The third-order valence-corrected chi connectivity index (χ3v) is 15.9. The summed E-state index contributed by atoms with van der Waals surface area (Å²) >= 11 is 0. The molecule has 9 aromatic rings. The summed E-state index contributed by atoms with van der Waals surface area (Å²) in [5, 5.41) is 3.47. The molecule has 0 saturated heterocycles. The van der Waals surface area contributed by atoms with E-state index in [-0.39, 0.29) is 70.5 Å². The van der Waals surface area contributed by atoms with Crippen molar-refractivity contribution in [3.8, 4) is 28.3 Å². The Labute approximate surface area is 487 Å². The lowest BCUT2D eigenvalue weighted by molar-refractivity contribution is -0.363. The van der Waals surface area contributed by atoms with Crippen molar-refractivity contribution >= 4 is 79.6 Å². The molecule has 0 amide bonds. The quantitative estimate of drug-likeness (QED) is 0.0176. The smallest absolute Gasteiger partial charge is 0.491 e. The van der Waals surface area contributed by atoms with Gasteiger partial charge in [-0.05, 0) is 165 Å². The van der Waals surface area contributed by atoms with Gasteiger partial charge in [-0.3, -0.25) is 14.4 Å². The van der Waals surface area contributed by atoms with Gasteiger partial charge in [-0.2, -0.15) is 0 Å². The number of rotatable bonds is 20. The predicted octanol–water partition coefficient (Wildman–Crippen LogP) is 11.3. The molecule has 0 spiro atoms. The Morgan fingerprint density at radius 1 is 0.635 bits per heavy atom. The van der Waals surface area contributed by atoms with Gasteiger partial charge in [-0.15, -0.1) is 0 Å². The van der Waals surface area contributed by atoms with Crippen LogP contribution in [-0.4, -0.2) is 104 Å². The molecule has 2 aliphatic rings. The molecule has 0 unspecified atom stereocenters. The van der Waals surface area contributed by atoms with Gasteiger partial charge in [0.05, 0.1) is 69.5 Å². The van der Waals surface area contributed by atoms with Crippen molar-refractivity contribution in [3.63, 3.8) is 0 Å². The summed E-state index contributed by atoms with van der Waals surface area (Å²) < 4.78 is 82.4. The van der Waals surface area contributed by atoms with Gasteiger partial charge >= 0.3 is 24.9 Å². The number of methoxy groups -OCH3 is 1. The van der Waals surface area contributed by atoms with Crippen molar-refractivity contribution in [2.24, 2.45) is 0 Å². The average Bonchev–Trinajstić information content (AvgIpc) is 1.62. The normalized spacial score (nSPS) is 13.9. The molecule has 16 nitrogen and oxygen atoms in total. The molecule has 0 radical (unpaired) electrons. The summed E-state index contributed by atoms with van der Waals surface area (Å²) in [6.45, 7) is 11.2. The minimum atomic E-state index is -4.66. The Hall–Kier alpha value is -9.04. The number of pyridine rings is 1. The number of esters is 3. The highest BCUT2D eigenvalue weighted by molar-refractivity contribution is 6.59. The number of hydrogen-bond acceptors (Lipinski definition) is 13. The maximum atomic E-state index is 17.3. The van der Waals surface area contributed by atoms with Gasteiger partial charge in [0.2, 0.25) is 0 Å². The van der Waals surface area contributed by atoms with Gasteiger partial charge in [0, 0.05) is 52.2 Å². The third-order valence-electron chi connectivity index (χ3n) is 15.9. The summed E-state index contributed by atoms with van der Waals surface area (Å²) in [7, 11) is 1.63. The average molecular weight is 1150 g/mol. The van der Waals surface area contributed by atoms with E-state index in [1.54, 1.807) is 103 Å². The molecule has 85 heavy (non-hydrogen) atoms. The summed E-state index contributed by atoms with van der Waals surface area (Å²) in [6, 6.07) is 30.6. The number of hydrogen-bond donors (Lipinski definition) is 0. The molecule has 2 aliphatic heterocycles. The predicted molar refractivity (Wildman–Crippen MR) is 321 cm³/mol. The minimum Gasteiger partial charge on any atom is -0.491 e. The molecule has 0 bridgehead atoms. The van der Waals surface area contributed by atoms with E-state index in [0.717, 1.165) is 35.4 Å². The maximum Gasteiger partial charge on any atom is 0.737 e. The van der Waals surface area contributed by atoms with Crippen molar-refractivity contribution in [1.29, 1.82) is 0 Å². The van der Waals surface area contributed by atoms with Crippen molar-refractivity contribution in [2.75, 3.05) is 60.0 Å². The first-order valence-corrected chi connectivity index (χ1v) is 28.2. The van der Waals surface area contributed by atoms with E-state index in [1.165, 1.54) is 13.8 Å². The van der Waals surface area contributed by atoms with E-state index < -0.39 is 36.0 Å². The zero-order valence-corrected chi connectivity index (χ0v) is 48.7. The van der Waals surface area contributed by atoms with Crippen LogP contribution in [0.1, 0.15) is 77.3 Å². The maximum absolute atomic E-state index is 17.3. The Kier molecular flexibility index (Phi) is 15.8. The van der Waals surface area contributed by atoms with Gasteiger partial charge < -0.3 is 55.2 Å². The van der Waals surface area contributed by atoms with Crippen LogP contribution < -0.4 is 20.6 Å². The van der Waals surface area contributed by atoms with Gasteiger partial charge in [-0.1, -0.05) is 36.4 Å². The number of fused-ring (bicyclic) bond motifs is 4. The lowest BCUT2D eigenvalue weighted by Gasteiger charge is -2.34. The summed E-state index contributed by atoms with van der Waals surface area (Å²) in [4.78, 5) is 69.5. The Morgan fingerprint density at radius 2 is 1.24 bits per heavy atom. The first-order valence-electron chi connectivity index (χ1n) is 28.2. The fraction of sp³-hybridized carbons (Fsp3) is 0.273. The van der Waals surface area contributed by atoms with Crippen molar-refractivity contribution in [1.82, 2.24) is 9.05 Å². The number of aryl methyl sites for hydroxylation is 2. The Morgan fingerprint density at radius 3 is 1.89 bits per heavy atom.